The van der Waals surface area contributed by atoms with E-state index < -0.39 is 0 Å². The van der Waals surface area contributed by atoms with Gasteiger partial charge in [-0.1, -0.05) is 36.8 Å². The molecule has 2 atom stereocenters. The van der Waals surface area contributed by atoms with Gasteiger partial charge in [0, 0.05) is 30.5 Å². The number of aryl methyl sites for hydroxylation is 1. The molecule has 1 fully saturated rings. The number of benzene rings is 1. The van der Waals surface area contributed by atoms with E-state index in [-0.39, 0.29) is 24.4 Å². The summed E-state index contributed by atoms with van der Waals surface area (Å²) in [7, 11) is 0. The summed E-state index contributed by atoms with van der Waals surface area (Å²) in [5, 5.41) is 6.57. The van der Waals surface area contributed by atoms with Crippen molar-refractivity contribution in [1.82, 2.24) is 10.6 Å². The van der Waals surface area contributed by atoms with Gasteiger partial charge in [0.2, 0.25) is 5.91 Å². The van der Waals surface area contributed by atoms with Crippen LogP contribution in [-0.4, -0.2) is 30.0 Å². The topological polar surface area (TPSA) is 41.1 Å². The molecule has 0 radical (unpaired) electrons. The number of amides is 1. The fourth-order valence-corrected chi connectivity index (χ4v) is 3.40. The largest absolute Gasteiger partial charge is 0.349 e. The fraction of sp³-hybridized carbons (Fsp3) is 0.562. The molecule has 3 nitrogen and oxygen atoms in total. The van der Waals surface area contributed by atoms with Gasteiger partial charge in [0.1, 0.15) is 0 Å². The summed E-state index contributed by atoms with van der Waals surface area (Å²) < 4.78 is 0. The smallest absolute Gasteiger partial charge is 0.222 e. The molecule has 1 aliphatic rings. The van der Waals surface area contributed by atoms with Crippen LogP contribution in [0.4, 0.5) is 0 Å². The van der Waals surface area contributed by atoms with E-state index in [1.54, 1.807) is 0 Å². The number of hydrogen-bond acceptors (Lipinski definition) is 3. The van der Waals surface area contributed by atoms with Gasteiger partial charge in [0.25, 0.3) is 0 Å². The molecule has 1 amide bonds. The standard InChI is InChI=1S/C16H24N2OS.ClH/c1-3-15(13-6-4-12(2)5-7-13)18-16(19)10-14-11-20-9-8-17-14;/h4-7,14-15,17H,3,8-11H2,1-2H3,(H,18,19);1H. The average Bonchev–Trinajstić information content (AvgIpc) is 2.47. The molecule has 21 heavy (non-hydrogen) atoms. The first-order valence-corrected chi connectivity index (χ1v) is 8.51. The number of thioether (sulfide) groups is 1. The highest BCUT2D eigenvalue weighted by molar-refractivity contribution is 7.99. The summed E-state index contributed by atoms with van der Waals surface area (Å²) in [6.45, 7) is 5.20. The molecule has 2 rings (SSSR count). The van der Waals surface area contributed by atoms with E-state index in [0.717, 1.165) is 24.5 Å². The minimum absolute atomic E-state index is 0. The van der Waals surface area contributed by atoms with Crippen molar-refractivity contribution in [2.45, 2.75) is 38.8 Å². The van der Waals surface area contributed by atoms with Crippen molar-refractivity contribution < 1.29 is 4.79 Å². The summed E-state index contributed by atoms with van der Waals surface area (Å²) >= 11 is 1.93. The number of nitrogens with one attached hydrogen (secondary N) is 2. The number of carbonyl (C=O) groups is 1. The minimum atomic E-state index is 0. The lowest BCUT2D eigenvalue weighted by Crippen LogP contribution is -2.41. The van der Waals surface area contributed by atoms with Crippen molar-refractivity contribution in [3.8, 4) is 0 Å². The van der Waals surface area contributed by atoms with Crippen molar-refractivity contribution in [1.29, 1.82) is 0 Å². The van der Waals surface area contributed by atoms with E-state index in [4.69, 9.17) is 0 Å². The van der Waals surface area contributed by atoms with Crippen LogP contribution in [0.5, 0.6) is 0 Å². The molecular formula is C16H25ClN2OS. The predicted molar refractivity (Wildman–Crippen MR) is 93.3 cm³/mol. The third kappa shape index (κ3) is 5.89. The fourth-order valence-electron chi connectivity index (χ4n) is 2.45. The maximum absolute atomic E-state index is 12.2. The third-order valence-electron chi connectivity index (χ3n) is 3.65. The van der Waals surface area contributed by atoms with Gasteiger partial charge in [-0.15, -0.1) is 12.4 Å². The molecule has 0 spiro atoms. The Hall–Kier alpha value is -0.710. The summed E-state index contributed by atoms with van der Waals surface area (Å²) in [5.41, 5.74) is 2.44. The van der Waals surface area contributed by atoms with Crippen LogP contribution < -0.4 is 10.6 Å². The first kappa shape index (κ1) is 18.3. The maximum Gasteiger partial charge on any atom is 0.222 e. The highest BCUT2D eigenvalue weighted by Gasteiger charge is 2.19. The molecule has 0 aliphatic carbocycles. The van der Waals surface area contributed by atoms with Gasteiger partial charge < -0.3 is 10.6 Å². The van der Waals surface area contributed by atoms with Crippen molar-refractivity contribution in [3.63, 3.8) is 0 Å². The Morgan fingerprint density at radius 2 is 2.14 bits per heavy atom. The lowest BCUT2D eigenvalue weighted by Gasteiger charge is -2.24. The van der Waals surface area contributed by atoms with E-state index in [9.17, 15) is 4.79 Å². The zero-order valence-corrected chi connectivity index (χ0v) is 14.4. The van der Waals surface area contributed by atoms with Crippen molar-refractivity contribution >= 4 is 30.1 Å². The van der Waals surface area contributed by atoms with Crippen LogP contribution in [0, 0.1) is 6.92 Å². The second-order valence-corrected chi connectivity index (χ2v) is 6.52. The third-order valence-corrected chi connectivity index (χ3v) is 4.78. The van der Waals surface area contributed by atoms with Gasteiger partial charge in [-0.3, -0.25) is 4.79 Å². The van der Waals surface area contributed by atoms with Crippen LogP contribution in [0.3, 0.4) is 0 Å². The maximum atomic E-state index is 12.2. The molecular weight excluding hydrogens is 304 g/mol. The molecule has 0 saturated carbocycles. The zero-order valence-electron chi connectivity index (χ0n) is 12.7. The Morgan fingerprint density at radius 3 is 2.71 bits per heavy atom. The molecule has 1 heterocycles. The summed E-state index contributed by atoms with van der Waals surface area (Å²) in [4.78, 5) is 12.2. The predicted octanol–water partition coefficient (Wildman–Crippen LogP) is 3.08. The van der Waals surface area contributed by atoms with Crippen molar-refractivity contribution in [2.75, 3.05) is 18.1 Å². The van der Waals surface area contributed by atoms with Crippen LogP contribution >= 0.6 is 24.2 Å². The Bertz CT molecular complexity index is 432. The Morgan fingerprint density at radius 1 is 1.43 bits per heavy atom. The van der Waals surface area contributed by atoms with Crippen molar-refractivity contribution in [2.24, 2.45) is 0 Å². The summed E-state index contributed by atoms with van der Waals surface area (Å²) in [6, 6.07) is 8.87. The highest BCUT2D eigenvalue weighted by atomic mass is 35.5. The molecule has 2 N–H and O–H groups in total. The quantitative estimate of drug-likeness (QED) is 0.872. The van der Waals surface area contributed by atoms with E-state index in [2.05, 4.69) is 48.7 Å². The van der Waals surface area contributed by atoms with E-state index in [1.165, 1.54) is 11.1 Å². The molecule has 0 bridgehead atoms. The molecule has 2 unspecified atom stereocenters. The normalized spacial score (nSPS) is 19.4. The number of hydrogen-bond donors (Lipinski definition) is 2. The van der Waals surface area contributed by atoms with Gasteiger partial charge >= 0.3 is 0 Å². The summed E-state index contributed by atoms with van der Waals surface area (Å²) in [6.07, 6.45) is 1.50. The average molecular weight is 329 g/mol. The van der Waals surface area contributed by atoms with Gasteiger partial charge in [0.05, 0.1) is 6.04 Å². The van der Waals surface area contributed by atoms with Crippen LogP contribution in [0.25, 0.3) is 0 Å². The van der Waals surface area contributed by atoms with Crippen LogP contribution in [0.15, 0.2) is 24.3 Å². The highest BCUT2D eigenvalue weighted by Crippen LogP contribution is 2.18. The number of halogens is 1. The van der Waals surface area contributed by atoms with Gasteiger partial charge in [-0.05, 0) is 18.9 Å². The van der Waals surface area contributed by atoms with Gasteiger partial charge in [0.15, 0.2) is 0 Å². The molecule has 5 heteroatoms. The molecule has 1 saturated heterocycles. The second kappa shape index (κ2) is 9.34. The Labute approximate surface area is 138 Å². The lowest BCUT2D eigenvalue weighted by molar-refractivity contribution is -0.122. The van der Waals surface area contributed by atoms with Crippen molar-refractivity contribution in [3.05, 3.63) is 35.4 Å². The monoisotopic (exact) mass is 328 g/mol. The van der Waals surface area contributed by atoms with E-state index >= 15 is 0 Å². The lowest BCUT2D eigenvalue weighted by atomic mass is 10.0. The number of rotatable bonds is 5. The molecule has 1 aromatic carbocycles. The van der Waals surface area contributed by atoms with E-state index in [0.29, 0.717) is 12.5 Å². The molecule has 0 aromatic heterocycles. The van der Waals surface area contributed by atoms with E-state index in [1.807, 2.05) is 11.8 Å². The van der Waals surface area contributed by atoms with Crippen LogP contribution in [0.1, 0.15) is 36.9 Å². The molecule has 1 aliphatic heterocycles. The van der Waals surface area contributed by atoms with Crippen LogP contribution in [0.2, 0.25) is 0 Å². The van der Waals surface area contributed by atoms with Gasteiger partial charge in [-0.2, -0.15) is 11.8 Å². The Balaban J connectivity index is 0.00000220. The van der Waals surface area contributed by atoms with Gasteiger partial charge in [-0.25, -0.2) is 0 Å². The first-order chi connectivity index (χ1) is 9.69. The second-order valence-electron chi connectivity index (χ2n) is 5.37. The van der Waals surface area contributed by atoms with Crippen LogP contribution in [-0.2, 0) is 4.79 Å². The molecule has 118 valence electrons. The summed E-state index contributed by atoms with van der Waals surface area (Å²) in [5.74, 6) is 2.34. The first-order valence-electron chi connectivity index (χ1n) is 7.36. The number of carbonyl (C=O) groups excluding carboxylic acids is 1. The SMILES string of the molecule is CCC(NC(=O)CC1CSCCN1)c1ccc(C)cc1.Cl. The molecule has 1 aromatic rings. The zero-order chi connectivity index (χ0) is 14.4. The Kier molecular flexibility index (Phi) is 8.15. The minimum Gasteiger partial charge on any atom is -0.349 e.